The van der Waals surface area contributed by atoms with Crippen molar-refractivity contribution in [2.75, 3.05) is 6.61 Å². The van der Waals surface area contributed by atoms with Crippen LogP contribution in [0.4, 0.5) is 0 Å². The smallest absolute Gasteiger partial charge is 0.338 e. The normalized spacial score (nSPS) is 22.4. The second-order valence-corrected chi connectivity index (χ2v) is 7.25. The van der Waals surface area contributed by atoms with Crippen molar-refractivity contribution < 1.29 is 9.53 Å². The van der Waals surface area contributed by atoms with Gasteiger partial charge in [-0.2, -0.15) is 0 Å². The van der Waals surface area contributed by atoms with Gasteiger partial charge in [0.05, 0.1) is 12.2 Å². The van der Waals surface area contributed by atoms with E-state index in [1.807, 2.05) is 18.2 Å². The minimum absolute atomic E-state index is 0.228. The fraction of sp³-hybridized carbons (Fsp3) is 0.208. The van der Waals surface area contributed by atoms with Gasteiger partial charge in [0.1, 0.15) is 0 Å². The molecule has 3 aromatic carbocycles. The maximum Gasteiger partial charge on any atom is 0.338 e. The van der Waals surface area contributed by atoms with Crippen LogP contribution in [0.3, 0.4) is 0 Å². The van der Waals surface area contributed by atoms with Crippen LogP contribution in [-0.4, -0.2) is 12.6 Å². The molecule has 0 fully saturated rings. The maximum absolute atomic E-state index is 12.4. The molecule has 0 saturated carbocycles. The van der Waals surface area contributed by atoms with E-state index in [9.17, 15) is 4.79 Å². The van der Waals surface area contributed by atoms with Crippen LogP contribution >= 0.6 is 0 Å². The molecule has 1 atom stereocenters. The molecule has 6 rings (SSSR count). The molecule has 0 aromatic heterocycles. The number of ether oxygens (including phenoxy) is 1. The van der Waals surface area contributed by atoms with E-state index < -0.39 is 0 Å². The van der Waals surface area contributed by atoms with Crippen molar-refractivity contribution in [2.24, 2.45) is 5.92 Å². The zero-order valence-corrected chi connectivity index (χ0v) is 14.5. The Morgan fingerprint density at radius 2 is 1.31 bits per heavy atom. The highest BCUT2D eigenvalue weighted by Crippen LogP contribution is 2.55. The number of hydrogen-bond acceptors (Lipinski definition) is 2. The van der Waals surface area contributed by atoms with Gasteiger partial charge in [0, 0.05) is 17.8 Å². The molecular weight excluding hydrogens is 320 g/mol. The minimum Gasteiger partial charge on any atom is -0.462 e. The van der Waals surface area contributed by atoms with Crippen LogP contribution in [0.25, 0.3) is 0 Å². The van der Waals surface area contributed by atoms with Crippen LogP contribution < -0.4 is 0 Å². The number of hydrogen-bond donors (Lipinski definition) is 0. The zero-order chi connectivity index (χ0) is 17.5. The molecule has 3 aliphatic carbocycles. The van der Waals surface area contributed by atoms with Crippen LogP contribution in [0, 0.1) is 5.92 Å². The first-order valence-corrected chi connectivity index (χ1v) is 9.23. The van der Waals surface area contributed by atoms with Gasteiger partial charge in [-0.1, -0.05) is 66.7 Å². The molecule has 128 valence electrons. The summed E-state index contributed by atoms with van der Waals surface area (Å²) >= 11 is 0. The fourth-order valence-electron chi connectivity index (χ4n) is 4.76. The van der Waals surface area contributed by atoms with Gasteiger partial charge >= 0.3 is 5.97 Å². The lowest BCUT2D eigenvalue weighted by Crippen LogP contribution is -2.34. The first-order valence-electron chi connectivity index (χ1n) is 9.23. The second kappa shape index (κ2) is 6.14. The minimum atomic E-state index is -0.228. The number of rotatable bonds is 3. The van der Waals surface area contributed by atoms with E-state index in [2.05, 4.69) is 48.5 Å². The van der Waals surface area contributed by atoms with Crippen molar-refractivity contribution in [3.63, 3.8) is 0 Å². The second-order valence-electron chi connectivity index (χ2n) is 7.25. The summed E-state index contributed by atoms with van der Waals surface area (Å²) in [5.74, 6) is 0.829. The van der Waals surface area contributed by atoms with E-state index in [4.69, 9.17) is 4.74 Å². The third-order valence-corrected chi connectivity index (χ3v) is 5.86. The van der Waals surface area contributed by atoms with Crippen molar-refractivity contribution >= 4 is 5.97 Å². The van der Waals surface area contributed by atoms with Crippen molar-refractivity contribution in [3.05, 3.63) is 107 Å². The van der Waals surface area contributed by atoms with Gasteiger partial charge < -0.3 is 4.74 Å². The molecule has 2 nitrogen and oxygen atoms in total. The van der Waals surface area contributed by atoms with Gasteiger partial charge in [0.15, 0.2) is 0 Å². The molecular formula is C24H20O2. The van der Waals surface area contributed by atoms with Crippen LogP contribution in [0.1, 0.15) is 50.9 Å². The van der Waals surface area contributed by atoms with Crippen molar-refractivity contribution in [1.29, 1.82) is 0 Å². The van der Waals surface area contributed by atoms with Crippen LogP contribution in [-0.2, 0) is 4.74 Å². The molecule has 0 radical (unpaired) electrons. The Bertz CT molecular complexity index is 913. The average molecular weight is 340 g/mol. The summed E-state index contributed by atoms with van der Waals surface area (Å²) in [7, 11) is 0. The van der Waals surface area contributed by atoms with Gasteiger partial charge in [-0.3, -0.25) is 0 Å². The van der Waals surface area contributed by atoms with Gasteiger partial charge in [-0.15, -0.1) is 0 Å². The van der Waals surface area contributed by atoms with E-state index in [-0.39, 0.29) is 5.97 Å². The average Bonchev–Trinajstić information content (AvgIpc) is 2.73. The predicted octanol–water partition coefficient (Wildman–Crippen LogP) is 5.14. The number of carbonyl (C=O) groups excluding carboxylic acids is 1. The number of benzene rings is 3. The molecule has 26 heavy (non-hydrogen) atoms. The van der Waals surface area contributed by atoms with Crippen LogP contribution in [0.15, 0.2) is 78.9 Å². The summed E-state index contributed by atoms with van der Waals surface area (Å²) in [6, 6.07) is 26.8. The number of carbonyl (C=O) groups is 1. The third-order valence-electron chi connectivity index (χ3n) is 5.86. The molecule has 0 spiro atoms. The Balaban J connectivity index is 1.45. The summed E-state index contributed by atoms with van der Waals surface area (Å²) in [6.07, 6.45) is 1.04. The van der Waals surface area contributed by atoms with Crippen LogP contribution in [0.5, 0.6) is 0 Å². The van der Waals surface area contributed by atoms with E-state index in [0.29, 0.717) is 29.9 Å². The maximum atomic E-state index is 12.4. The fourth-order valence-corrected chi connectivity index (χ4v) is 4.76. The molecule has 3 aromatic rings. The van der Waals surface area contributed by atoms with Gasteiger partial charge in [0.25, 0.3) is 0 Å². The topological polar surface area (TPSA) is 26.3 Å². The number of fused-ring (bicyclic) bond motifs is 1. The highest BCUT2D eigenvalue weighted by molar-refractivity contribution is 5.89. The molecule has 0 heterocycles. The highest BCUT2D eigenvalue weighted by atomic mass is 16.5. The van der Waals surface area contributed by atoms with Gasteiger partial charge in [0.2, 0.25) is 0 Å². The first kappa shape index (κ1) is 15.4. The lowest BCUT2D eigenvalue weighted by molar-refractivity contribution is 0.0404. The summed E-state index contributed by atoms with van der Waals surface area (Å²) in [5, 5.41) is 0. The molecule has 0 N–H and O–H groups in total. The van der Waals surface area contributed by atoms with E-state index in [0.717, 1.165) is 6.42 Å². The van der Waals surface area contributed by atoms with E-state index in [1.54, 1.807) is 12.1 Å². The predicted molar refractivity (Wildman–Crippen MR) is 101 cm³/mol. The Hall–Kier alpha value is -2.87. The lowest BCUT2D eigenvalue weighted by Gasteiger charge is -2.45. The molecule has 0 unspecified atom stereocenters. The SMILES string of the molecule is O=C(OC[C@@H]1CC2c3ccccc3C1c1ccccc12)c1ccccc1. The Morgan fingerprint density at radius 3 is 1.92 bits per heavy atom. The van der Waals surface area contributed by atoms with E-state index in [1.165, 1.54) is 22.3 Å². The summed E-state index contributed by atoms with van der Waals surface area (Å²) in [6.45, 7) is 0.470. The Kier molecular flexibility index (Phi) is 3.63. The van der Waals surface area contributed by atoms with Gasteiger partial charge in [-0.25, -0.2) is 4.79 Å². The largest absolute Gasteiger partial charge is 0.462 e. The number of esters is 1. The first-order chi connectivity index (χ1) is 12.8. The molecule has 0 saturated heterocycles. The van der Waals surface area contributed by atoms with E-state index >= 15 is 0 Å². The monoisotopic (exact) mass is 340 g/mol. The summed E-state index contributed by atoms with van der Waals surface area (Å²) in [5.41, 5.74) is 6.32. The molecule has 0 amide bonds. The zero-order valence-electron chi connectivity index (χ0n) is 14.5. The van der Waals surface area contributed by atoms with Crippen LogP contribution in [0.2, 0.25) is 0 Å². The van der Waals surface area contributed by atoms with Crippen molar-refractivity contribution in [3.8, 4) is 0 Å². The quantitative estimate of drug-likeness (QED) is 0.617. The van der Waals surface area contributed by atoms with Gasteiger partial charge in [-0.05, 0) is 40.8 Å². The molecule has 2 bridgehead atoms. The summed E-state index contributed by atoms with van der Waals surface area (Å²) in [4.78, 5) is 12.4. The standard InChI is InChI=1S/C24H20O2/c25-24(16-8-2-1-3-9-16)26-15-17-14-22-18-10-4-6-12-20(18)23(17)21-13-7-5-11-19(21)22/h1-13,17,22-23H,14-15H2/t17-,22?,23?/m0/s1. The molecule has 0 aliphatic heterocycles. The molecule has 2 heteroatoms. The highest BCUT2D eigenvalue weighted by Gasteiger charge is 2.43. The Morgan fingerprint density at radius 1 is 0.769 bits per heavy atom. The van der Waals surface area contributed by atoms with Crippen molar-refractivity contribution in [1.82, 2.24) is 0 Å². The molecule has 3 aliphatic rings. The Labute approximate surface area is 153 Å². The summed E-state index contributed by atoms with van der Waals surface area (Å²) < 4.78 is 5.71. The van der Waals surface area contributed by atoms with Crippen molar-refractivity contribution in [2.45, 2.75) is 18.3 Å². The third kappa shape index (κ3) is 2.37. The lowest BCUT2D eigenvalue weighted by atomic mass is 9.59.